The Bertz CT molecular complexity index is 1180. The van der Waals surface area contributed by atoms with Gasteiger partial charge in [-0.1, -0.05) is 25.1 Å². The van der Waals surface area contributed by atoms with Crippen LogP contribution in [0.25, 0.3) is 0 Å². The molecule has 12 heteroatoms. The number of hydrogen-bond acceptors (Lipinski definition) is 7. The van der Waals surface area contributed by atoms with Crippen LogP contribution in [-0.2, 0) is 29.6 Å². The van der Waals surface area contributed by atoms with E-state index in [2.05, 4.69) is 5.32 Å². The van der Waals surface area contributed by atoms with Crippen LogP contribution in [-0.4, -0.2) is 78.8 Å². The van der Waals surface area contributed by atoms with Gasteiger partial charge in [0.05, 0.1) is 36.6 Å². The third kappa shape index (κ3) is 6.94. The van der Waals surface area contributed by atoms with Crippen LogP contribution in [0.1, 0.15) is 13.3 Å². The molecule has 0 aromatic heterocycles. The number of sulfonamides is 2. The lowest BCUT2D eigenvalue weighted by Gasteiger charge is -2.30. The molecule has 0 aliphatic carbocycles. The molecule has 1 fully saturated rings. The zero-order chi connectivity index (χ0) is 25.5. The van der Waals surface area contributed by atoms with Crippen LogP contribution in [0.2, 0.25) is 0 Å². The maximum Gasteiger partial charge on any atom is 0.244 e. The van der Waals surface area contributed by atoms with E-state index < -0.39 is 32.0 Å². The van der Waals surface area contributed by atoms with Gasteiger partial charge in [-0.2, -0.15) is 4.31 Å². The van der Waals surface area contributed by atoms with Gasteiger partial charge in [0.15, 0.2) is 0 Å². The summed E-state index contributed by atoms with van der Waals surface area (Å²) in [5, 5.41) is 2.72. The molecule has 0 unspecified atom stereocenters. The molecule has 0 radical (unpaired) electrons. The molecule has 1 aliphatic rings. The van der Waals surface area contributed by atoms with Gasteiger partial charge in [0.1, 0.15) is 18.4 Å². The van der Waals surface area contributed by atoms with E-state index >= 15 is 0 Å². The second-order valence-electron chi connectivity index (χ2n) is 7.95. The number of nitrogens with one attached hydrogen (secondary N) is 1. The third-order valence-electron chi connectivity index (χ3n) is 5.44. The van der Waals surface area contributed by atoms with E-state index in [1.54, 1.807) is 49.4 Å². The minimum absolute atomic E-state index is 0.127. The molecule has 35 heavy (non-hydrogen) atoms. The Morgan fingerprint density at radius 2 is 1.69 bits per heavy atom. The van der Waals surface area contributed by atoms with Gasteiger partial charge in [-0.05, 0) is 42.8 Å². The van der Waals surface area contributed by atoms with E-state index in [0.717, 1.165) is 10.6 Å². The van der Waals surface area contributed by atoms with E-state index in [4.69, 9.17) is 9.47 Å². The Labute approximate surface area is 206 Å². The summed E-state index contributed by atoms with van der Waals surface area (Å²) >= 11 is 0. The van der Waals surface area contributed by atoms with Crippen LogP contribution >= 0.6 is 0 Å². The van der Waals surface area contributed by atoms with Crippen molar-refractivity contribution in [2.45, 2.75) is 24.3 Å². The zero-order valence-corrected chi connectivity index (χ0v) is 21.4. The lowest BCUT2D eigenvalue weighted by Crippen LogP contribution is -2.49. The molecule has 1 atom stereocenters. The highest BCUT2D eigenvalue weighted by atomic mass is 32.2. The van der Waals surface area contributed by atoms with E-state index in [-0.39, 0.29) is 24.5 Å². The number of amides is 1. The van der Waals surface area contributed by atoms with Crippen molar-refractivity contribution < 1.29 is 31.1 Å². The van der Waals surface area contributed by atoms with Gasteiger partial charge in [-0.3, -0.25) is 9.10 Å². The summed E-state index contributed by atoms with van der Waals surface area (Å²) in [6.45, 7) is 3.41. The first-order valence-electron chi connectivity index (χ1n) is 11.3. The lowest BCUT2D eigenvalue weighted by molar-refractivity contribution is -0.122. The number of anilines is 1. The standard InChI is InChI=1S/C23H31N3O7S2/c1-3-22(26(34(2,28)29)19-7-5-4-6-8-19)23(27)24-13-16-33-20-9-11-21(12-10-20)35(30,31)25-14-17-32-18-15-25/h4-12,22H,3,13-18H2,1-2H3,(H,24,27)/t22-/m0/s1. The Kier molecular flexibility index (Phi) is 9.11. The van der Waals surface area contributed by atoms with Crippen molar-refractivity contribution in [3.05, 3.63) is 54.6 Å². The summed E-state index contributed by atoms with van der Waals surface area (Å²) in [7, 11) is -7.27. The number of para-hydroxylation sites is 1. The van der Waals surface area contributed by atoms with E-state index in [9.17, 15) is 21.6 Å². The summed E-state index contributed by atoms with van der Waals surface area (Å²) in [5.74, 6) is 0.0200. The smallest absolute Gasteiger partial charge is 0.244 e. The van der Waals surface area contributed by atoms with Crippen LogP contribution in [0.4, 0.5) is 5.69 Å². The Morgan fingerprint density at radius 1 is 1.06 bits per heavy atom. The first-order valence-corrected chi connectivity index (χ1v) is 14.6. The maximum absolute atomic E-state index is 12.8. The Morgan fingerprint density at radius 3 is 2.26 bits per heavy atom. The van der Waals surface area contributed by atoms with Crippen molar-refractivity contribution in [1.29, 1.82) is 0 Å². The van der Waals surface area contributed by atoms with Gasteiger partial charge in [0.2, 0.25) is 26.0 Å². The van der Waals surface area contributed by atoms with Crippen molar-refractivity contribution in [1.82, 2.24) is 9.62 Å². The van der Waals surface area contributed by atoms with Crippen molar-refractivity contribution >= 4 is 31.6 Å². The highest BCUT2D eigenvalue weighted by Crippen LogP contribution is 2.22. The highest BCUT2D eigenvalue weighted by molar-refractivity contribution is 7.92. The van der Waals surface area contributed by atoms with Gasteiger partial charge in [-0.15, -0.1) is 0 Å². The molecule has 10 nitrogen and oxygen atoms in total. The van der Waals surface area contributed by atoms with Crippen molar-refractivity contribution in [2.24, 2.45) is 0 Å². The molecule has 3 rings (SSSR count). The molecular formula is C23H31N3O7S2. The predicted octanol–water partition coefficient (Wildman–Crippen LogP) is 1.45. The van der Waals surface area contributed by atoms with E-state index in [0.29, 0.717) is 37.7 Å². The average molecular weight is 526 g/mol. The van der Waals surface area contributed by atoms with Gasteiger partial charge in [-0.25, -0.2) is 16.8 Å². The molecule has 192 valence electrons. The summed E-state index contributed by atoms with van der Waals surface area (Å²) in [6, 6.07) is 13.7. The number of benzene rings is 2. The third-order valence-corrected chi connectivity index (χ3v) is 8.53. The number of carbonyl (C=O) groups excluding carboxylic acids is 1. The number of carbonyl (C=O) groups is 1. The Balaban J connectivity index is 1.55. The monoisotopic (exact) mass is 525 g/mol. The zero-order valence-electron chi connectivity index (χ0n) is 19.8. The number of rotatable bonds is 11. The first-order chi connectivity index (χ1) is 16.6. The Hall–Kier alpha value is -2.67. The highest BCUT2D eigenvalue weighted by Gasteiger charge is 2.31. The van der Waals surface area contributed by atoms with E-state index in [1.807, 2.05) is 0 Å². The largest absolute Gasteiger partial charge is 0.492 e. The second-order valence-corrected chi connectivity index (χ2v) is 11.7. The fourth-order valence-corrected chi connectivity index (χ4v) is 6.36. The minimum atomic E-state index is -3.69. The van der Waals surface area contributed by atoms with Crippen molar-refractivity contribution in [3.63, 3.8) is 0 Å². The molecular weight excluding hydrogens is 494 g/mol. The van der Waals surface area contributed by atoms with Crippen LogP contribution in [0.15, 0.2) is 59.5 Å². The predicted molar refractivity (Wildman–Crippen MR) is 132 cm³/mol. The molecule has 1 aliphatic heterocycles. The second kappa shape index (κ2) is 11.8. The van der Waals surface area contributed by atoms with Gasteiger partial charge in [0, 0.05) is 13.1 Å². The van der Waals surface area contributed by atoms with Gasteiger partial charge in [0.25, 0.3) is 0 Å². The lowest BCUT2D eigenvalue weighted by atomic mass is 10.2. The topological polar surface area (TPSA) is 122 Å². The normalized spacial score (nSPS) is 15.8. The number of hydrogen-bond donors (Lipinski definition) is 1. The fourth-order valence-electron chi connectivity index (χ4n) is 3.74. The molecule has 2 aromatic rings. The van der Waals surface area contributed by atoms with Crippen LogP contribution in [0, 0.1) is 0 Å². The summed E-state index contributed by atoms with van der Waals surface area (Å²) in [4.78, 5) is 13.0. The molecule has 1 amide bonds. The molecule has 0 bridgehead atoms. The molecule has 1 saturated heterocycles. The summed E-state index contributed by atoms with van der Waals surface area (Å²) < 4.78 is 63.6. The van der Waals surface area contributed by atoms with Crippen LogP contribution < -0.4 is 14.4 Å². The molecule has 0 spiro atoms. The number of morpholine rings is 1. The van der Waals surface area contributed by atoms with Crippen LogP contribution in [0.3, 0.4) is 0 Å². The molecule has 1 heterocycles. The van der Waals surface area contributed by atoms with E-state index in [1.165, 1.54) is 16.4 Å². The maximum atomic E-state index is 12.8. The van der Waals surface area contributed by atoms with Gasteiger partial charge < -0.3 is 14.8 Å². The number of ether oxygens (including phenoxy) is 2. The van der Waals surface area contributed by atoms with Crippen molar-refractivity contribution in [3.8, 4) is 5.75 Å². The summed E-state index contributed by atoms with van der Waals surface area (Å²) in [6.07, 6.45) is 1.36. The summed E-state index contributed by atoms with van der Waals surface area (Å²) in [5.41, 5.74) is 0.417. The first kappa shape index (κ1) is 26.9. The fraction of sp³-hybridized carbons (Fsp3) is 0.435. The molecule has 1 N–H and O–H groups in total. The van der Waals surface area contributed by atoms with Crippen LogP contribution in [0.5, 0.6) is 5.75 Å². The molecule has 0 saturated carbocycles. The quantitative estimate of drug-likeness (QED) is 0.441. The minimum Gasteiger partial charge on any atom is -0.492 e. The van der Waals surface area contributed by atoms with Crippen molar-refractivity contribution in [2.75, 3.05) is 50.0 Å². The van der Waals surface area contributed by atoms with Gasteiger partial charge >= 0.3 is 0 Å². The number of nitrogens with zero attached hydrogens (tertiary/aromatic N) is 2. The SMILES string of the molecule is CC[C@@H](C(=O)NCCOc1ccc(S(=O)(=O)N2CCOCC2)cc1)N(c1ccccc1)S(C)(=O)=O. The molecule has 2 aromatic carbocycles. The average Bonchev–Trinajstić information content (AvgIpc) is 2.85.